The molecule has 3 heteroatoms. The van der Waals surface area contributed by atoms with E-state index < -0.39 is 0 Å². The van der Waals surface area contributed by atoms with E-state index in [9.17, 15) is 4.79 Å². The molecule has 0 aromatic heterocycles. The zero-order chi connectivity index (χ0) is 11.9. The van der Waals surface area contributed by atoms with Gasteiger partial charge in [0.2, 0.25) is 0 Å². The molecule has 1 rings (SSSR count). The Morgan fingerprint density at radius 3 is 2.50 bits per heavy atom. The molecule has 0 bridgehead atoms. The summed E-state index contributed by atoms with van der Waals surface area (Å²) >= 11 is 0. The van der Waals surface area contributed by atoms with Crippen molar-refractivity contribution in [1.29, 1.82) is 0 Å². The van der Waals surface area contributed by atoms with E-state index in [-0.39, 0.29) is 5.41 Å². The van der Waals surface area contributed by atoms with E-state index >= 15 is 0 Å². The largest absolute Gasteiger partial charge is 0.314 e. The lowest BCUT2D eigenvalue weighted by Gasteiger charge is -2.36. The predicted octanol–water partition coefficient (Wildman–Crippen LogP) is 1.68. The van der Waals surface area contributed by atoms with Crippen molar-refractivity contribution < 1.29 is 4.79 Å². The van der Waals surface area contributed by atoms with E-state index in [0.29, 0.717) is 0 Å². The Hall–Kier alpha value is -0.410. The Bertz CT molecular complexity index is 202. The molecular weight excluding hydrogens is 200 g/mol. The van der Waals surface area contributed by atoms with Crippen LogP contribution in [0.2, 0.25) is 0 Å². The van der Waals surface area contributed by atoms with Gasteiger partial charge in [-0.2, -0.15) is 0 Å². The Morgan fingerprint density at radius 2 is 2.00 bits per heavy atom. The average molecular weight is 226 g/mol. The van der Waals surface area contributed by atoms with Crippen molar-refractivity contribution in [2.75, 3.05) is 32.7 Å². The quantitative estimate of drug-likeness (QED) is 0.670. The first kappa shape index (κ1) is 13.7. The van der Waals surface area contributed by atoms with E-state index in [0.717, 1.165) is 45.6 Å². The van der Waals surface area contributed by atoms with Crippen LogP contribution in [0, 0.1) is 5.41 Å². The summed E-state index contributed by atoms with van der Waals surface area (Å²) in [6.45, 7) is 9.58. The molecule has 1 saturated heterocycles. The molecule has 1 fully saturated rings. The van der Waals surface area contributed by atoms with Crippen molar-refractivity contribution in [3.8, 4) is 0 Å². The monoisotopic (exact) mass is 226 g/mol. The lowest BCUT2D eigenvalue weighted by molar-refractivity contribution is -0.118. The number of unbranched alkanes of at least 4 members (excludes halogenated alkanes) is 1. The molecule has 0 aromatic rings. The van der Waals surface area contributed by atoms with Crippen LogP contribution in [0.3, 0.4) is 0 Å². The SMILES string of the molecule is CCCCC(C=O)(CC)CN1CCNCC1. The molecule has 3 nitrogen and oxygen atoms in total. The molecule has 1 aliphatic rings. The van der Waals surface area contributed by atoms with Crippen molar-refractivity contribution in [3.63, 3.8) is 0 Å². The van der Waals surface area contributed by atoms with Gasteiger partial charge < -0.3 is 10.1 Å². The highest BCUT2D eigenvalue weighted by Crippen LogP contribution is 2.27. The first-order chi connectivity index (χ1) is 7.76. The van der Waals surface area contributed by atoms with Gasteiger partial charge in [0.15, 0.2) is 0 Å². The number of carbonyl (C=O) groups excluding carboxylic acids is 1. The first-order valence-corrected chi connectivity index (χ1v) is 6.66. The zero-order valence-electron chi connectivity index (χ0n) is 10.8. The third kappa shape index (κ3) is 3.87. The standard InChI is InChI=1S/C13H26N2O/c1-3-5-6-13(4-2,12-16)11-15-9-7-14-8-10-15/h12,14H,3-11H2,1-2H3. The number of aldehydes is 1. The van der Waals surface area contributed by atoms with Crippen molar-refractivity contribution in [1.82, 2.24) is 10.2 Å². The van der Waals surface area contributed by atoms with Crippen LogP contribution >= 0.6 is 0 Å². The Kier molecular flexibility index (Phi) is 5.99. The number of rotatable bonds is 7. The minimum Gasteiger partial charge on any atom is -0.314 e. The molecule has 1 unspecified atom stereocenters. The number of nitrogens with one attached hydrogen (secondary N) is 1. The van der Waals surface area contributed by atoms with Crippen LogP contribution in [0.4, 0.5) is 0 Å². The maximum Gasteiger partial charge on any atom is 0.127 e. The maximum atomic E-state index is 11.4. The minimum atomic E-state index is -0.0899. The van der Waals surface area contributed by atoms with Gasteiger partial charge in [-0.25, -0.2) is 0 Å². The van der Waals surface area contributed by atoms with E-state index in [1.54, 1.807) is 0 Å². The highest BCUT2D eigenvalue weighted by atomic mass is 16.1. The third-order valence-electron chi connectivity index (χ3n) is 3.73. The molecular formula is C13H26N2O. The highest BCUT2D eigenvalue weighted by molar-refractivity contribution is 5.59. The van der Waals surface area contributed by atoms with Crippen LogP contribution < -0.4 is 5.32 Å². The molecule has 0 radical (unpaired) electrons. The summed E-state index contributed by atoms with van der Waals surface area (Å²) in [5, 5.41) is 3.35. The minimum absolute atomic E-state index is 0.0899. The van der Waals surface area contributed by atoms with Gasteiger partial charge in [0.25, 0.3) is 0 Å². The van der Waals surface area contributed by atoms with E-state index in [4.69, 9.17) is 0 Å². The third-order valence-corrected chi connectivity index (χ3v) is 3.73. The fourth-order valence-electron chi connectivity index (χ4n) is 2.39. The van der Waals surface area contributed by atoms with Gasteiger partial charge in [0.05, 0.1) is 0 Å². The topological polar surface area (TPSA) is 32.3 Å². The van der Waals surface area contributed by atoms with Gasteiger partial charge in [0.1, 0.15) is 6.29 Å². The summed E-state index contributed by atoms with van der Waals surface area (Å²) < 4.78 is 0. The van der Waals surface area contributed by atoms with E-state index in [1.165, 1.54) is 19.1 Å². The van der Waals surface area contributed by atoms with Gasteiger partial charge in [-0.15, -0.1) is 0 Å². The number of hydrogen-bond acceptors (Lipinski definition) is 3. The van der Waals surface area contributed by atoms with Crippen LogP contribution in [0.15, 0.2) is 0 Å². The fourth-order valence-corrected chi connectivity index (χ4v) is 2.39. The molecule has 0 aromatic carbocycles. The molecule has 1 atom stereocenters. The summed E-state index contributed by atoms with van der Waals surface area (Å²) in [6, 6.07) is 0. The van der Waals surface area contributed by atoms with Gasteiger partial charge in [-0.3, -0.25) is 4.90 Å². The van der Waals surface area contributed by atoms with Gasteiger partial charge >= 0.3 is 0 Å². The zero-order valence-corrected chi connectivity index (χ0v) is 10.8. The molecule has 1 aliphatic heterocycles. The summed E-state index contributed by atoms with van der Waals surface area (Å²) in [4.78, 5) is 13.8. The number of nitrogens with zero attached hydrogens (tertiary/aromatic N) is 1. The van der Waals surface area contributed by atoms with Crippen LogP contribution in [-0.2, 0) is 4.79 Å². The maximum absolute atomic E-state index is 11.4. The van der Waals surface area contributed by atoms with Crippen LogP contribution in [0.1, 0.15) is 39.5 Å². The number of piperazine rings is 1. The smallest absolute Gasteiger partial charge is 0.127 e. The molecule has 94 valence electrons. The van der Waals surface area contributed by atoms with Gasteiger partial charge in [0, 0.05) is 38.1 Å². The lowest BCUT2D eigenvalue weighted by atomic mass is 9.81. The Labute approximate surface area is 99.6 Å². The van der Waals surface area contributed by atoms with Gasteiger partial charge in [-0.05, 0) is 12.8 Å². The van der Waals surface area contributed by atoms with Crippen molar-refractivity contribution in [2.45, 2.75) is 39.5 Å². The van der Waals surface area contributed by atoms with Crippen molar-refractivity contribution >= 4 is 6.29 Å². The van der Waals surface area contributed by atoms with Crippen molar-refractivity contribution in [2.24, 2.45) is 5.41 Å². The fraction of sp³-hybridized carbons (Fsp3) is 0.923. The van der Waals surface area contributed by atoms with Crippen LogP contribution in [0.5, 0.6) is 0 Å². The van der Waals surface area contributed by atoms with Gasteiger partial charge in [-0.1, -0.05) is 26.7 Å². The second-order valence-corrected chi connectivity index (χ2v) is 4.96. The van der Waals surface area contributed by atoms with E-state index in [2.05, 4.69) is 24.1 Å². The molecule has 16 heavy (non-hydrogen) atoms. The van der Waals surface area contributed by atoms with Crippen LogP contribution in [-0.4, -0.2) is 43.9 Å². The van der Waals surface area contributed by atoms with Crippen molar-refractivity contribution in [3.05, 3.63) is 0 Å². The lowest BCUT2D eigenvalue weighted by Crippen LogP contribution is -2.48. The normalized spacial score (nSPS) is 21.6. The first-order valence-electron chi connectivity index (χ1n) is 6.66. The molecule has 1 heterocycles. The summed E-state index contributed by atoms with van der Waals surface area (Å²) in [5.41, 5.74) is -0.0899. The second kappa shape index (κ2) is 7.02. The summed E-state index contributed by atoms with van der Waals surface area (Å²) in [7, 11) is 0. The summed E-state index contributed by atoms with van der Waals surface area (Å²) in [5.74, 6) is 0. The molecule has 0 saturated carbocycles. The summed E-state index contributed by atoms with van der Waals surface area (Å²) in [6.07, 6.45) is 5.58. The average Bonchev–Trinajstić information content (AvgIpc) is 2.36. The van der Waals surface area contributed by atoms with E-state index in [1.807, 2.05) is 0 Å². The highest BCUT2D eigenvalue weighted by Gasteiger charge is 2.29. The second-order valence-electron chi connectivity index (χ2n) is 4.96. The number of hydrogen-bond donors (Lipinski definition) is 1. The molecule has 0 amide bonds. The Balaban J connectivity index is 2.50. The molecule has 1 N–H and O–H groups in total. The van der Waals surface area contributed by atoms with Crippen LogP contribution in [0.25, 0.3) is 0 Å². The Morgan fingerprint density at radius 1 is 1.31 bits per heavy atom. The molecule has 0 spiro atoms. The molecule has 0 aliphatic carbocycles. The predicted molar refractivity (Wildman–Crippen MR) is 67.6 cm³/mol. The number of carbonyl (C=O) groups is 1.